The van der Waals surface area contributed by atoms with Gasteiger partial charge in [-0.25, -0.2) is 0 Å². The van der Waals surface area contributed by atoms with Crippen LogP contribution >= 0.6 is 0 Å². The first-order chi connectivity index (χ1) is 8.10. The Labute approximate surface area is 102 Å². The second kappa shape index (κ2) is 6.59. The minimum Gasteiger partial charge on any atom is -0.469 e. The van der Waals surface area contributed by atoms with E-state index in [0.29, 0.717) is 13.1 Å². The van der Waals surface area contributed by atoms with E-state index in [1.54, 1.807) is 0 Å². The summed E-state index contributed by atoms with van der Waals surface area (Å²) < 4.78 is 4.76. The van der Waals surface area contributed by atoms with Gasteiger partial charge in [-0.05, 0) is 33.2 Å². The van der Waals surface area contributed by atoms with Crippen molar-refractivity contribution in [1.29, 1.82) is 0 Å². The van der Waals surface area contributed by atoms with Crippen LogP contribution in [0.2, 0.25) is 0 Å². The van der Waals surface area contributed by atoms with E-state index < -0.39 is 0 Å². The Morgan fingerprint density at radius 1 is 1.53 bits per heavy atom. The maximum absolute atomic E-state index is 11.7. The standard InChI is InChI=1S/C12H22N2O3/c1-4-13-11(15)9(2)14-7-5-6-10(8-14)12(16)17-3/h9-10H,4-8H2,1-3H3,(H,13,15). The lowest BCUT2D eigenvalue weighted by atomic mass is 9.97. The highest BCUT2D eigenvalue weighted by atomic mass is 16.5. The van der Waals surface area contributed by atoms with Gasteiger partial charge >= 0.3 is 5.97 Å². The number of nitrogens with one attached hydrogen (secondary N) is 1. The van der Waals surface area contributed by atoms with Gasteiger partial charge in [-0.1, -0.05) is 0 Å². The molecule has 5 nitrogen and oxygen atoms in total. The second-order valence-electron chi connectivity index (χ2n) is 4.43. The minimum atomic E-state index is -0.178. The van der Waals surface area contributed by atoms with Crippen LogP contribution in [0.5, 0.6) is 0 Å². The van der Waals surface area contributed by atoms with Crippen LogP contribution in [0, 0.1) is 5.92 Å². The number of amides is 1. The fourth-order valence-corrected chi connectivity index (χ4v) is 2.21. The first-order valence-corrected chi connectivity index (χ1v) is 6.19. The van der Waals surface area contributed by atoms with Gasteiger partial charge in [0.2, 0.25) is 5.91 Å². The molecule has 2 unspecified atom stereocenters. The van der Waals surface area contributed by atoms with E-state index in [4.69, 9.17) is 4.74 Å². The molecule has 5 heteroatoms. The molecule has 2 atom stereocenters. The fraction of sp³-hybridized carbons (Fsp3) is 0.833. The number of hydrogen-bond donors (Lipinski definition) is 1. The van der Waals surface area contributed by atoms with Crippen molar-refractivity contribution < 1.29 is 14.3 Å². The van der Waals surface area contributed by atoms with E-state index in [0.717, 1.165) is 19.4 Å². The van der Waals surface area contributed by atoms with Gasteiger partial charge in [0.25, 0.3) is 0 Å². The molecule has 0 radical (unpaired) electrons. The third-order valence-corrected chi connectivity index (χ3v) is 3.27. The molecule has 1 aliphatic rings. The van der Waals surface area contributed by atoms with Gasteiger partial charge in [-0.15, -0.1) is 0 Å². The Morgan fingerprint density at radius 2 is 2.24 bits per heavy atom. The molecular weight excluding hydrogens is 220 g/mol. The van der Waals surface area contributed by atoms with Crippen LogP contribution < -0.4 is 5.32 Å². The summed E-state index contributed by atoms with van der Waals surface area (Å²) in [5.41, 5.74) is 0. The quantitative estimate of drug-likeness (QED) is 0.725. The molecule has 0 spiro atoms. The molecule has 1 heterocycles. The van der Waals surface area contributed by atoms with E-state index in [9.17, 15) is 9.59 Å². The molecule has 1 saturated heterocycles. The van der Waals surface area contributed by atoms with E-state index in [2.05, 4.69) is 10.2 Å². The fourth-order valence-electron chi connectivity index (χ4n) is 2.21. The van der Waals surface area contributed by atoms with Crippen molar-refractivity contribution in [2.45, 2.75) is 32.7 Å². The summed E-state index contributed by atoms with van der Waals surface area (Å²) in [7, 11) is 1.41. The van der Waals surface area contributed by atoms with E-state index >= 15 is 0 Å². The van der Waals surface area contributed by atoms with E-state index in [1.165, 1.54) is 7.11 Å². The molecule has 1 rings (SSSR count). The summed E-state index contributed by atoms with van der Waals surface area (Å²) >= 11 is 0. The average molecular weight is 242 g/mol. The molecule has 1 N–H and O–H groups in total. The van der Waals surface area contributed by atoms with Crippen molar-refractivity contribution in [2.75, 3.05) is 26.7 Å². The molecule has 1 aliphatic heterocycles. The zero-order valence-electron chi connectivity index (χ0n) is 10.9. The number of carbonyl (C=O) groups is 2. The van der Waals surface area contributed by atoms with Crippen molar-refractivity contribution in [3.8, 4) is 0 Å². The molecule has 0 bridgehead atoms. The Bertz CT molecular complexity index is 281. The van der Waals surface area contributed by atoms with Gasteiger partial charge in [-0.2, -0.15) is 0 Å². The van der Waals surface area contributed by atoms with Crippen molar-refractivity contribution in [3.63, 3.8) is 0 Å². The van der Waals surface area contributed by atoms with Crippen molar-refractivity contribution in [3.05, 3.63) is 0 Å². The van der Waals surface area contributed by atoms with Crippen LogP contribution in [0.1, 0.15) is 26.7 Å². The highest BCUT2D eigenvalue weighted by Crippen LogP contribution is 2.19. The number of esters is 1. The number of likely N-dealkylation sites (N-methyl/N-ethyl adjacent to an activating group) is 1. The molecule has 1 fully saturated rings. The van der Waals surface area contributed by atoms with E-state index in [1.807, 2.05) is 13.8 Å². The summed E-state index contributed by atoms with van der Waals surface area (Å²) in [5, 5.41) is 2.80. The molecule has 0 aromatic heterocycles. The average Bonchev–Trinajstić information content (AvgIpc) is 2.37. The Hall–Kier alpha value is -1.10. The van der Waals surface area contributed by atoms with Gasteiger partial charge in [0.15, 0.2) is 0 Å². The second-order valence-corrected chi connectivity index (χ2v) is 4.43. The molecule has 17 heavy (non-hydrogen) atoms. The third-order valence-electron chi connectivity index (χ3n) is 3.27. The molecule has 0 aromatic rings. The Balaban J connectivity index is 2.54. The van der Waals surface area contributed by atoms with Crippen molar-refractivity contribution in [1.82, 2.24) is 10.2 Å². The molecule has 0 aromatic carbocycles. The third kappa shape index (κ3) is 3.70. The monoisotopic (exact) mass is 242 g/mol. The van der Waals surface area contributed by atoms with E-state index in [-0.39, 0.29) is 23.8 Å². The number of carbonyl (C=O) groups excluding carboxylic acids is 2. The summed E-state index contributed by atoms with van der Waals surface area (Å²) in [6.45, 7) is 5.90. The topological polar surface area (TPSA) is 58.6 Å². The number of hydrogen-bond acceptors (Lipinski definition) is 4. The number of piperidine rings is 1. The van der Waals surface area contributed by atoms with Gasteiger partial charge < -0.3 is 10.1 Å². The predicted molar refractivity (Wildman–Crippen MR) is 64.5 cm³/mol. The zero-order chi connectivity index (χ0) is 12.8. The van der Waals surface area contributed by atoms with Crippen LogP contribution in [-0.4, -0.2) is 49.6 Å². The van der Waals surface area contributed by atoms with Gasteiger partial charge in [0.05, 0.1) is 19.1 Å². The molecule has 0 saturated carbocycles. The van der Waals surface area contributed by atoms with Crippen LogP contribution in [0.4, 0.5) is 0 Å². The maximum atomic E-state index is 11.7. The highest BCUT2D eigenvalue weighted by Gasteiger charge is 2.30. The number of ether oxygens (including phenoxy) is 1. The zero-order valence-corrected chi connectivity index (χ0v) is 10.9. The van der Waals surface area contributed by atoms with Gasteiger partial charge in [-0.3, -0.25) is 14.5 Å². The van der Waals surface area contributed by atoms with Gasteiger partial charge in [0.1, 0.15) is 0 Å². The Kier molecular flexibility index (Phi) is 5.41. The summed E-state index contributed by atoms with van der Waals surface area (Å²) in [5.74, 6) is -0.235. The summed E-state index contributed by atoms with van der Waals surface area (Å²) in [6.07, 6.45) is 1.79. The molecule has 98 valence electrons. The molecule has 1 amide bonds. The number of methoxy groups -OCH3 is 1. The van der Waals surface area contributed by atoms with Gasteiger partial charge in [0, 0.05) is 13.1 Å². The van der Waals surface area contributed by atoms with Crippen molar-refractivity contribution in [2.24, 2.45) is 5.92 Å². The lowest BCUT2D eigenvalue weighted by molar-refractivity contribution is -0.148. The maximum Gasteiger partial charge on any atom is 0.309 e. The number of nitrogens with zero attached hydrogens (tertiary/aromatic N) is 1. The Morgan fingerprint density at radius 3 is 2.82 bits per heavy atom. The smallest absolute Gasteiger partial charge is 0.309 e. The van der Waals surface area contributed by atoms with Crippen molar-refractivity contribution >= 4 is 11.9 Å². The lowest BCUT2D eigenvalue weighted by Gasteiger charge is -2.34. The number of likely N-dealkylation sites (tertiary alicyclic amines) is 1. The molecular formula is C12H22N2O3. The SMILES string of the molecule is CCNC(=O)C(C)N1CCCC(C(=O)OC)C1. The van der Waals surface area contributed by atoms with Crippen LogP contribution in [0.15, 0.2) is 0 Å². The first kappa shape index (κ1) is 14.0. The normalized spacial score (nSPS) is 22.9. The largest absolute Gasteiger partial charge is 0.469 e. The van der Waals surface area contributed by atoms with Crippen LogP contribution in [0.25, 0.3) is 0 Å². The molecule has 0 aliphatic carbocycles. The summed E-state index contributed by atoms with van der Waals surface area (Å²) in [4.78, 5) is 25.3. The minimum absolute atomic E-state index is 0.0259. The lowest BCUT2D eigenvalue weighted by Crippen LogP contribution is -2.50. The first-order valence-electron chi connectivity index (χ1n) is 6.19. The number of rotatable bonds is 4. The van der Waals surface area contributed by atoms with Crippen LogP contribution in [-0.2, 0) is 14.3 Å². The van der Waals surface area contributed by atoms with Crippen LogP contribution in [0.3, 0.4) is 0 Å². The highest BCUT2D eigenvalue weighted by molar-refractivity contribution is 5.81. The predicted octanol–water partition coefficient (Wildman–Crippen LogP) is 0.396. The summed E-state index contributed by atoms with van der Waals surface area (Å²) in [6, 6.07) is -0.178.